The molecule has 22 heavy (non-hydrogen) atoms. The maximum absolute atomic E-state index is 2.55. The largest absolute Gasteiger partial charge is 0.295 e. The monoisotopic (exact) mass is 291 g/mol. The van der Waals surface area contributed by atoms with Crippen LogP contribution in [0.1, 0.15) is 23.1 Å². The fraction of sp³-hybridized carbons (Fsp3) is 0.333. The van der Waals surface area contributed by atoms with Crippen molar-refractivity contribution in [2.75, 3.05) is 13.1 Å². The molecule has 3 rings (SSSR count). The third-order valence-corrected chi connectivity index (χ3v) is 4.44. The second-order valence-corrected chi connectivity index (χ2v) is 6.39. The van der Waals surface area contributed by atoms with Gasteiger partial charge in [-0.1, -0.05) is 72.3 Å². The molecule has 0 fully saturated rings. The third kappa shape index (κ3) is 4.32. The third-order valence-electron chi connectivity index (χ3n) is 4.44. The van der Waals surface area contributed by atoms with Crippen LogP contribution in [-0.2, 0) is 13.0 Å². The van der Waals surface area contributed by atoms with Crippen LogP contribution in [0.15, 0.2) is 66.7 Å². The van der Waals surface area contributed by atoms with Gasteiger partial charge in [0.05, 0.1) is 0 Å². The normalized spacial score (nSPS) is 18.5. The molecule has 0 bridgehead atoms. The highest BCUT2D eigenvalue weighted by Gasteiger charge is 2.15. The van der Waals surface area contributed by atoms with Crippen molar-refractivity contribution < 1.29 is 0 Å². The number of nitrogens with zero attached hydrogens (tertiary/aromatic N) is 1. The summed E-state index contributed by atoms with van der Waals surface area (Å²) in [6, 6.07) is 19.8. The molecule has 0 aromatic heterocycles. The molecule has 0 N–H and O–H groups in total. The predicted octanol–water partition coefficient (Wildman–Crippen LogP) is 4.62. The summed E-state index contributed by atoms with van der Waals surface area (Å²) in [5.41, 5.74) is 4.21. The topological polar surface area (TPSA) is 3.24 Å². The van der Waals surface area contributed by atoms with E-state index >= 15 is 0 Å². The van der Waals surface area contributed by atoms with E-state index in [2.05, 4.69) is 78.6 Å². The van der Waals surface area contributed by atoms with Crippen LogP contribution in [0, 0.1) is 12.8 Å². The molecule has 1 nitrogen and oxygen atoms in total. The SMILES string of the molecule is Cc1ccc(CCC2C=CCN(Cc3ccccc3)C2)cc1. The van der Waals surface area contributed by atoms with Crippen molar-refractivity contribution in [3.8, 4) is 0 Å². The molecular weight excluding hydrogens is 266 g/mol. The van der Waals surface area contributed by atoms with Gasteiger partial charge < -0.3 is 0 Å². The second kappa shape index (κ2) is 7.42. The van der Waals surface area contributed by atoms with E-state index in [0.717, 1.165) is 13.1 Å². The maximum atomic E-state index is 2.55. The second-order valence-electron chi connectivity index (χ2n) is 6.39. The number of aryl methyl sites for hydroxylation is 2. The molecule has 114 valence electrons. The Morgan fingerprint density at radius 1 is 0.955 bits per heavy atom. The van der Waals surface area contributed by atoms with E-state index < -0.39 is 0 Å². The zero-order valence-electron chi connectivity index (χ0n) is 13.4. The molecular formula is C21H25N. The van der Waals surface area contributed by atoms with Crippen molar-refractivity contribution >= 4 is 0 Å². The lowest BCUT2D eigenvalue weighted by molar-refractivity contribution is 0.246. The molecule has 1 heterocycles. The first-order valence-corrected chi connectivity index (χ1v) is 8.28. The van der Waals surface area contributed by atoms with E-state index in [1.807, 2.05) is 0 Å². The van der Waals surface area contributed by atoms with Gasteiger partial charge in [-0.3, -0.25) is 4.90 Å². The highest BCUT2D eigenvalue weighted by molar-refractivity contribution is 5.21. The summed E-state index contributed by atoms with van der Waals surface area (Å²) in [5.74, 6) is 0.679. The van der Waals surface area contributed by atoms with E-state index in [9.17, 15) is 0 Å². The summed E-state index contributed by atoms with van der Waals surface area (Å²) in [5, 5.41) is 0. The Kier molecular flexibility index (Phi) is 5.07. The molecule has 0 amide bonds. The van der Waals surface area contributed by atoms with Gasteiger partial charge >= 0.3 is 0 Å². The Morgan fingerprint density at radius 2 is 1.73 bits per heavy atom. The van der Waals surface area contributed by atoms with Gasteiger partial charge in [0, 0.05) is 19.6 Å². The van der Waals surface area contributed by atoms with Crippen molar-refractivity contribution in [3.63, 3.8) is 0 Å². The van der Waals surface area contributed by atoms with E-state index in [4.69, 9.17) is 0 Å². The smallest absolute Gasteiger partial charge is 0.0237 e. The number of rotatable bonds is 5. The van der Waals surface area contributed by atoms with E-state index in [0.29, 0.717) is 5.92 Å². The van der Waals surface area contributed by atoms with Gasteiger partial charge in [-0.25, -0.2) is 0 Å². The van der Waals surface area contributed by atoms with Gasteiger partial charge in [0.1, 0.15) is 0 Å². The molecule has 1 heteroatoms. The van der Waals surface area contributed by atoms with E-state index in [1.165, 1.54) is 36.1 Å². The molecule has 1 aliphatic rings. The van der Waals surface area contributed by atoms with Crippen LogP contribution in [-0.4, -0.2) is 18.0 Å². The lowest BCUT2D eigenvalue weighted by Crippen LogP contribution is -2.32. The fourth-order valence-corrected chi connectivity index (χ4v) is 3.13. The van der Waals surface area contributed by atoms with Gasteiger partial charge in [0.15, 0.2) is 0 Å². The standard InChI is InChI=1S/C21H25N/c1-18-9-11-19(12-10-18)13-14-21-8-5-15-22(17-21)16-20-6-3-2-4-7-20/h2-12,21H,13-17H2,1H3. The Bertz CT molecular complexity index is 598. The van der Waals surface area contributed by atoms with Gasteiger partial charge in [-0.05, 0) is 36.8 Å². The first-order valence-electron chi connectivity index (χ1n) is 8.28. The summed E-state index contributed by atoms with van der Waals surface area (Å²) in [6.45, 7) is 5.47. The Morgan fingerprint density at radius 3 is 2.50 bits per heavy atom. The molecule has 0 radical (unpaired) electrons. The summed E-state index contributed by atoms with van der Waals surface area (Å²) in [4.78, 5) is 2.55. The molecule has 1 aliphatic heterocycles. The van der Waals surface area contributed by atoms with E-state index in [-0.39, 0.29) is 0 Å². The molecule has 0 saturated carbocycles. The van der Waals surface area contributed by atoms with Gasteiger partial charge in [-0.15, -0.1) is 0 Å². The average molecular weight is 291 g/mol. The number of hydrogen-bond donors (Lipinski definition) is 0. The van der Waals surface area contributed by atoms with Crippen LogP contribution < -0.4 is 0 Å². The zero-order valence-corrected chi connectivity index (χ0v) is 13.4. The Hall–Kier alpha value is -1.86. The zero-order chi connectivity index (χ0) is 15.2. The van der Waals surface area contributed by atoms with Crippen molar-refractivity contribution in [2.45, 2.75) is 26.3 Å². The summed E-state index contributed by atoms with van der Waals surface area (Å²) in [7, 11) is 0. The van der Waals surface area contributed by atoms with Crippen molar-refractivity contribution in [1.29, 1.82) is 0 Å². The first kappa shape index (κ1) is 15.1. The summed E-state index contributed by atoms with van der Waals surface area (Å²) < 4.78 is 0. The van der Waals surface area contributed by atoms with Crippen LogP contribution in [0.2, 0.25) is 0 Å². The highest BCUT2D eigenvalue weighted by atomic mass is 15.1. The van der Waals surface area contributed by atoms with Crippen molar-refractivity contribution in [1.82, 2.24) is 4.90 Å². The van der Waals surface area contributed by atoms with Crippen LogP contribution in [0.4, 0.5) is 0 Å². The fourth-order valence-electron chi connectivity index (χ4n) is 3.13. The predicted molar refractivity (Wildman–Crippen MR) is 93.8 cm³/mol. The highest BCUT2D eigenvalue weighted by Crippen LogP contribution is 2.18. The van der Waals surface area contributed by atoms with Gasteiger partial charge in [0.25, 0.3) is 0 Å². The minimum Gasteiger partial charge on any atom is -0.295 e. The number of benzene rings is 2. The lowest BCUT2D eigenvalue weighted by atomic mass is 9.96. The molecule has 0 saturated heterocycles. The Balaban J connectivity index is 1.51. The van der Waals surface area contributed by atoms with Crippen LogP contribution in [0.25, 0.3) is 0 Å². The van der Waals surface area contributed by atoms with Crippen LogP contribution in [0.3, 0.4) is 0 Å². The van der Waals surface area contributed by atoms with Gasteiger partial charge in [-0.2, -0.15) is 0 Å². The molecule has 0 aliphatic carbocycles. The van der Waals surface area contributed by atoms with Gasteiger partial charge in [0.2, 0.25) is 0 Å². The maximum Gasteiger partial charge on any atom is 0.0237 e. The molecule has 2 aromatic carbocycles. The van der Waals surface area contributed by atoms with Crippen LogP contribution in [0.5, 0.6) is 0 Å². The minimum atomic E-state index is 0.679. The quantitative estimate of drug-likeness (QED) is 0.727. The minimum absolute atomic E-state index is 0.679. The van der Waals surface area contributed by atoms with Crippen molar-refractivity contribution in [3.05, 3.63) is 83.4 Å². The molecule has 2 aromatic rings. The Labute approximate surface area is 134 Å². The summed E-state index contributed by atoms with van der Waals surface area (Å²) in [6.07, 6.45) is 7.17. The van der Waals surface area contributed by atoms with Crippen molar-refractivity contribution in [2.24, 2.45) is 5.92 Å². The molecule has 1 unspecified atom stereocenters. The molecule has 1 atom stereocenters. The first-order chi connectivity index (χ1) is 10.8. The van der Waals surface area contributed by atoms with E-state index in [1.54, 1.807) is 0 Å². The average Bonchev–Trinajstić information content (AvgIpc) is 2.56. The summed E-state index contributed by atoms with van der Waals surface area (Å²) >= 11 is 0. The van der Waals surface area contributed by atoms with Crippen LogP contribution >= 0.6 is 0 Å². The molecule has 0 spiro atoms. The number of hydrogen-bond acceptors (Lipinski definition) is 1. The lowest BCUT2D eigenvalue weighted by Gasteiger charge is -2.29.